The van der Waals surface area contributed by atoms with Gasteiger partial charge in [0, 0.05) is 18.1 Å². The molecule has 23 heavy (non-hydrogen) atoms. The van der Waals surface area contributed by atoms with Crippen LogP contribution in [0.3, 0.4) is 0 Å². The number of aryl methyl sites for hydroxylation is 2. The molecule has 5 heteroatoms. The van der Waals surface area contributed by atoms with Gasteiger partial charge < -0.3 is 10.4 Å². The third-order valence-electron chi connectivity index (χ3n) is 4.91. The van der Waals surface area contributed by atoms with E-state index in [4.69, 9.17) is 5.11 Å². The molecule has 2 N–H and O–H groups in total. The number of anilines is 2. The normalized spacial score (nSPS) is 16.7. The van der Waals surface area contributed by atoms with Gasteiger partial charge in [0.1, 0.15) is 0 Å². The van der Waals surface area contributed by atoms with E-state index in [2.05, 4.69) is 27.4 Å². The van der Waals surface area contributed by atoms with Crippen LogP contribution in [0.2, 0.25) is 0 Å². The molecule has 0 radical (unpaired) electrons. The van der Waals surface area contributed by atoms with Crippen LogP contribution in [0.1, 0.15) is 58.6 Å². The molecule has 0 spiro atoms. The average molecular weight is 309 g/mol. The van der Waals surface area contributed by atoms with Gasteiger partial charge in [0.05, 0.1) is 5.56 Å². The first-order valence-corrected chi connectivity index (χ1v) is 8.19. The van der Waals surface area contributed by atoms with Crippen molar-refractivity contribution in [1.82, 2.24) is 9.97 Å². The van der Waals surface area contributed by atoms with Gasteiger partial charge in [0.2, 0.25) is 5.95 Å². The summed E-state index contributed by atoms with van der Waals surface area (Å²) >= 11 is 0. The van der Waals surface area contributed by atoms with E-state index in [-0.39, 0.29) is 5.56 Å². The third kappa shape index (κ3) is 2.67. The number of hydrogen-bond acceptors (Lipinski definition) is 4. The predicted molar refractivity (Wildman–Crippen MR) is 87.3 cm³/mol. The zero-order valence-electron chi connectivity index (χ0n) is 12.9. The van der Waals surface area contributed by atoms with Gasteiger partial charge in [-0.05, 0) is 73.3 Å². The monoisotopic (exact) mass is 309 g/mol. The van der Waals surface area contributed by atoms with E-state index in [0.29, 0.717) is 5.95 Å². The van der Waals surface area contributed by atoms with Crippen LogP contribution in [0, 0.1) is 0 Å². The molecule has 0 unspecified atom stereocenters. The van der Waals surface area contributed by atoms with Crippen molar-refractivity contribution in [1.29, 1.82) is 0 Å². The highest BCUT2D eigenvalue weighted by atomic mass is 16.4. The Balaban J connectivity index is 1.63. The molecule has 2 aromatic rings. The summed E-state index contributed by atoms with van der Waals surface area (Å²) < 4.78 is 0. The molecular formula is C18H19N3O2. The van der Waals surface area contributed by atoms with Gasteiger partial charge >= 0.3 is 5.97 Å². The molecule has 0 saturated carbocycles. The third-order valence-corrected chi connectivity index (χ3v) is 4.91. The van der Waals surface area contributed by atoms with Gasteiger partial charge in [-0.1, -0.05) is 0 Å². The zero-order valence-corrected chi connectivity index (χ0v) is 12.9. The van der Waals surface area contributed by atoms with Crippen molar-refractivity contribution >= 4 is 17.6 Å². The number of carboxylic acid groups (broad SMARTS) is 1. The summed E-state index contributed by atoms with van der Waals surface area (Å²) in [6, 6.07) is 4.43. The Hall–Kier alpha value is -2.43. The smallest absolute Gasteiger partial charge is 0.338 e. The highest BCUT2D eigenvalue weighted by molar-refractivity contribution is 5.86. The molecular weight excluding hydrogens is 290 g/mol. The van der Waals surface area contributed by atoms with Crippen LogP contribution in [0.5, 0.6) is 0 Å². The molecule has 0 bridgehead atoms. The summed E-state index contributed by atoms with van der Waals surface area (Å²) in [5.74, 6) is 0.175. The lowest BCUT2D eigenvalue weighted by Crippen LogP contribution is -2.17. The van der Waals surface area contributed by atoms with E-state index in [9.17, 15) is 4.79 Å². The molecule has 1 aromatic carbocycles. The summed E-state index contributed by atoms with van der Waals surface area (Å²) in [6.45, 7) is 0. The SMILES string of the molecule is O=C(O)c1cnc(Nc2cc3c4c(c2)CCCC4CCC3)nc1. The minimum Gasteiger partial charge on any atom is -0.478 e. The molecule has 0 fully saturated rings. The van der Waals surface area contributed by atoms with Gasteiger partial charge in [-0.15, -0.1) is 0 Å². The van der Waals surface area contributed by atoms with Crippen molar-refractivity contribution in [3.63, 3.8) is 0 Å². The minimum absolute atomic E-state index is 0.0962. The Bertz CT molecular complexity index is 724. The predicted octanol–water partition coefficient (Wildman–Crippen LogP) is 3.67. The Morgan fingerprint density at radius 1 is 1.09 bits per heavy atom. The fraction of sp³-hybridized carbons (Fsp3) is 0.389. The highest BCUT2D eigenvalue weighted by Crippen LogP contribution is 2.42. The first kappa shape index (κ1) is 14.2. The first-order valence-electron chi connectivity index (χ1n) is 8.19. The molecule has 0 amide bonds. The molecule has 2 aliphatic rings. The van der Waals surface area contributed by atoms with E-state index in [1.54, 1.807) is 5.56 Å². The zero-order chi connectivity index (χ0) is 15.8. The van der Waals surface area contributed by atoms with Crippen LogP contribution in [-0.4, -0.2) is 21.0 Å². The molecule has 5 nitrogen and oxygen atoms in total. The van der Waals surface area contributed by atoms with Crippen molar-refractivity contribution in [2.24, 2.45) is 0 Å². The van der Waals surface area contributed by atoms with Crippen molar-refractivity contribution in [3.8, 4) is 0 Å². The maximum atomic E-state index is 10.9. The Morgan fingerprint density at radius 2 is 1.70 bits per heavy atom. The molecule has 0 saturated heterocycles. The number of aromatic nitrogens is 2. The van der Waals surface area contributed by atoms with Crippen molar-refractivity contribution in [3.05, 3.63) is 46.8 Å². The first-order chi connectivity index (χ1) is 11.2. The van der Waals surface area contributed by atoms with Crippen molar-refractivity contribution < 1.29 is 9.90 Å². The van der Waals surface area contributed by atoms with E-state index in [1.165, 1.54) is 49.2 Å². The van der Waals surface area contributed by atoms with Gasteiger partial charge in [0.15, 0.2) is 0 Å². The second-order valence-corrected chi connectivity index (χ2v) is 6.42. The van der Waals surface area contributed by atoms with Crippen LogP contribution in [-0.2, 0) is 12.8 Å². The fourth-order valence-electron chi connectivity index (χ4n) is 3.93. The number of nitrogens with one attached hydrogen (secondary N) is 1. The maximum Gasteiger partial charge on any atom is 0.338 e. The summed E-state index contributed by atoms with van der Waals surface area (Å²) in [7, 11) is 0. The Labute approximate surface area is 134 Å². The second-order valence-electron chi connectivity index (χ2n) is 6.42. The number of nitrogens with zero attached hydrogens (tertiary/aromatic N) is 2. The molecule has 0 atom stereocenters. The number of hydrogen-bond donors (Lipinski definition) is 2. The summed E-state index contributed by atoms with van der Waals surface area (Å²) in [6.07, 6.45) is 10.1. The lowest BCUT2D eigenvalue weighted by Gasteiger charge is -2.32. The van der Waals surface area contributed by atoms with Crippen LogP contribution < -0.4 is 5.32 Å². The molecule has 2 aliphatic carbocycles. The number of carbonyl (C=O) groups is 1. The van der Waals surface area contributed by atoms with Gasteiger partial charge in [-0.3, -0.25) is 0 Å². The Morgan fingerprint density at radius 3 is 2.26 bits per heavy atom. The largest absolute Gasteiger partial charge is 0.478 e. The summed E-state index contributed by atoms with van der Waals surface area (Å²) in [4.78, 5) is 19.0. The molecule has 4 rings (SSSR count). The lowest BCUT2D eigenvalue weighted by molar-refractivity contribution is 0.0696. The standard InChI is InChI=1S/C18H19N3O2/c22-17(23)14-9-19-18(20-10-14)21-15-7-12-5-1-3-11-4-2-6-13(8-15)16(11)12/h7-11H,1-6H2,(H,22,23)(H,19,20,21). The van der Waals surface area contributed by atoms with Gasteiger partial charge in [0.25, 0.3) is 0 Å². The fourth-order valence-corrected chi connectivity index (χ4v) is 3.93. The van der Waals surface area contributed by atoms with E-state index in [0.717, 1.165) is 24.4 Å². The lowest BCUT2D eigenvalue weighted by atomic mass is 9.73. The summed E-state index contributed by atoms with van der Waals surface area (Å²) in [5.41, 5.74) is 5.62. The molecule has 1 heterocycles. The maximum absolute atomic E-state index is 10.9. The topological polar surface area (TPSA) is 75.1 Å². The van der Waals surface area contributed by atoms with Gasteiger partial charge in [-0.25, -0.2) is 14.8 Å². The van der Waals surface area contributed by atoms with E-state index >= 15 is 0 Å². The van der Waals surface area contributed by atoms with Crippen molar-refractivity contribution in [2.45, 2.75) is 44.4 Å². The van der Waals surface area contributed by atoms with Crippen LogP contribution in [0.15, 0.2) is 24.5 Å². The Kier molecular flexibility index (Phi) is 3.48. The number of benzene rings is 1. The van der Waals surface area contributed by atoms with E-state index in [1.807, 2.05) is 0 Å². The molecule has 118 valence electrons. The van der Waals surface area contributed by atoms with Crippen LogP contribution in [0.4, 0.5) is 11.6 Å². The van der Waals surface area contributed by atoms with Crippen LogP contribution in [0.25, 0.3) is 0 Å². The van der Waals surface area contributed by atoms with Crippen molar-refractivity contribution in [2.75, 3.05) is 5.32 Å². The van der Waals surface area contributed by atoms with Crippen LogP contribution >= 0.6 is 0 Å². The quantitative estimate of drug-likeness (QED) is 0.904. The molecule has 1 aromatic heterocycles. The number of rotatable bonds is 3. The number of aromatic carboxylic acids is 1. The van der Waals surface area contributed by atoms with Gasteiger partial charge in [-0.2, -0.15) is 0 Å². The average Bonchev–Trinajstić information content (AvgIpc) is 2.56. The minimum atomic E-state index is -1.01. The second kappa shape index (κ2) is 5.65. The molecule has 0 aliphatic heterocycles. The van der Waals surface area contributed by atoms with E-state index < -0.39 is 5.97 Å². The number of carboxylic acids is 1. The summed E-state index contributed by atoms with van der Waals surface area (Å²) in [5, 5.41) is 12.1. The highest BCUT2D eigenvalue weighted by Gasteiger charge is 2.26.